The van der Waals surface area contributed by atoms with E-state index in [9.17, 15) is 9.59 Å². The third kappa shape index (κ3) is 5.09. The van der Waals surface area contributed by atoms with Gasteiger partial charge in [0.1, 0.15) is 30.6 Å². The van der Waals surface area contributed by atoms with Crippen molar-refractivity contribution in [3.63, 3.8) is 0 Å². The molecule has 1 aliphatic heterocycles. The summed E-state index contributed by atoms with van der Waals surface area (Å²) in [5.74, 6) is 1.14. The molecule has 3 atom stereocenters. The predicted molar refractivity (Wildman–Crippen MR) is 120 cm³/mol. The van der Waals surface area contributed by atoms with Crippen molar-refractivity contribution < 1.29 is 23.8 Å². The van der Waals surface area contributed by atoms with Crippen LogP contribution in [0.2, 0.25) is 0 Å². The number of esters is 2. The fourth-order valence-electron chi connectivity index (χ4n) is 3.84. The quantitative estimate of drug-likeness (QED) is 0.293. The lowest BCUT2D eigenvalue weighted by molar-refractivity contribution is -0.141. The van der Waals surface area contributed by atoms with Crippen LogP contribution in [0.4, 0.5) is 0 Å². The first-order valence-electron chi connectivity index (χ1n) is 11.1. The maximum absolute atomic E-state index is 12.9. The van der Waals surface area contributed by atoms with Crippen molar-refractivity contribution in [2.45, 2.75) is 65.2 Å². The Morgan fingerprint density at radius 3 is 2.32 bits per heavy atom. The van der Waals surface area contributed by atoms with E-state index in [-0.39, 0.29) is 25.2 Å². The van der Waals surface area contributed by atoms with E-state index < -0.39 is 5.92 Å². The second-order valence-corrected chi connectivity index (χ2v) is 8.26. The lowest BCUT2D eigenvalue weighted by Crippen LogP contribution is -2.12. The van der Waals surface area contributed by atoms with Crippen LogP contribution in [0.5, 0.6) is 11.5 Å². The Morgan fingerprint density at radius 1 is 1.03 bits per heavy atom. The first kappa shape index (κ1) is 22.9. The minimum absolute atomic E-state index is 0.205. The monoisotopic (exact) mass is 424 g/mol. The minimum atomic E-state index is -0.433. The number of ether oxygens (including phenoxy) is 3. The molecule has 0 aliphatic carbocycles. The Balaban J connectivity index is 1.89. The summed E-state index contributed by atoms with van der Waals surface area (Å²) in [6.07, 6.45) is 2.02. The molecule has 0 radical (unpaired) electrons. The standard InChI is InChI=1S/C26H32O5/c1-6-16(3)20-14-22(17(4)7-2)25-23(15-20)24(26(28)31-25)19-8-10-21(11-9-19)30-13-12-29-18(5)27/h8-11,14-17,24H,6-7,12-13H2,1-5H3. The first-order chi connectivity index (χ1) is 14.8. The minimum Gasteiger partial charge on any atom is -0.490 e. The zero-order chi connectivity index (χ0) is 22.5. The average Bonchev–Trinajstić information content (AvgIpc) is 3.10. The van der Waals surface area contributed by atoms with Gasteiger partial charge in [0.2, 0.25) is 0 Å². The molecule has 0 amide bonds. The van der Waals surface area contributed by atoms with Gasteiger partial charge in [-0.25, -0.2) is 0 Å². The molecule has 2 aromatic carbocycles. The zero-order valence-electron chi connectivity index (χ0n) is 19.1. The fraction of sp³-hybridized carbons (Fsp3) is 0.462. The summed E-state index contributed by atoms with van der Waals surface area (Å²) in [4.78, 5) is 23.7. The van der Waals surface area contributed by atoms with Gasteiger partial charge in [0, 0.05) is 12.5 Å². The summed E-state index contributed by atoms with van der Waals surface area (Å²) in [7, 11) is 0. The molecule has 5 nitrogen and oxygen atoms in total. The van der Waals surface area contributed by atoms with Gasteiger partial charge in [0.05, 0.1) is 0 Å². The summed E-state index contributed by atoms with van der Waals surface area (Å²) in [5.41, 5.74) is 4.22. The van der Waals surface area contributed by atoms with Crippen LogP contribution in [0.15, 0.2) is 36.4 Å². The van der Waals surface area contributed by atoms with E-state index >= 15 is 0 Å². The van der Waals surface area contributed by atoms with Crippen LogP contribution in [0.1, 0.15) is 87.5 Å². The molecule has 1 aliphatic rings. The van der Waals surface area contributed by atoms with Gasteiger partial charge < -0.3 is 14.2 Å². The van der Waals surface area contributed by atoms with E-state index in [2.05, 4.69) is 39.8 Å². The highest BCUT2D eigenvalue weighted by Gasteiger charge is 2.37. The SMILES string of the molecule is CCC(C)c1cc(C(C)CC)c2c(c1)C(c1ccc(OCCOC(C)=O)cc1)C(=O)O2. The van der Waals surface area contributed by atoms with Crippen molar-refractivity contribution in [2.24, 2.45) is 0 Å². The van der Waals surface area contributed by atoms with Gasteiger partial charge in [-0.1, -0.05) is 52.0 Å². The normalized spacial score (nSPS) is 16.9. The Morgan fingerprint density at radius 2 is 1.71 bits per heavy atom. The van der Waals surface area contributed by atoms with E-state index in [0.29, 0.717) is 17.6 Å². The Kier molecular flexibility index (Phi) is 7.37. The average molecular weight is 425 g/mol. The predicted octanol–water partition coefficient (Wildman–Crippen LogP) is 5.71. The van der Waals surface area contributed by atoms with Crippen LogP contribution >= 0.6 is 0 Å². The molecule has 31 heavy (non-hydrogen) atoms. The Labute approximate surface area is 184 Å². The van der Waals surface area contributed by atoms with Gasteiger partial charge >= 0.3 is 11.9 Å². The van der Waals surface area contributed by atoms with E-state index in [4.69, 9.17) is 14.2 Å². The van der Waals surface area contributed by atoms with E-state index in [0.717, 1.165) is 35.3 Å². The van der Waals surface area contributed by atoms with Crippen LogP contribution in [0.3, 0.4) is 0 Å². The lowest BCUT2D eigenvalue weighted by atomic mass is 9.84. The van der Waals surface area contributed by atoms with Crippen molar-refractivity contribution in [3.05, 3.63) is 58.7 Å². The fourth-order valence-corrected chi connectivity index (χ4v) is 3.84. The molecule has 0 fully saturated rings. The number of hydrogen-bond donors (Lipinski definition) is 0. The van der Waals surface area contributed by atoms with E-state index in [1.807, 2.05) is 24.3 Å². The van der Waals surface area contributed by atoms with E-state index in [1.165, 1.54) is 12.5 Å². The van der Waals surface area contributed by atoms with Crippen LogP contribution in [0, 0.1) is 0 Å². The highest BCUT2D eigenvalue weighted by Crippen LogP contribution is 2.46. The highest BCUT2D eigenvalue weighted by molar-refractivity contribution is 5.90. The molecular formula is C26H32O5. The Bertz CT molecular complexity index is 932. The molecule has 5 heteroatoms. The van der Waals surface area contributed by atoms with Crippen molar-refractivity contribution in [3.8, 4) is 11.5 Å². The molecule has 0 aromatic heterocycles. The number of hydrogen-bond acceptors (Lipinski definition) is 5. The summed E-state index contributed by atoms with van der Waals surface area (Å²) in [6, 6.07) is 11.8. The summed E-state index contributed by atoms with van der Waals surface area (Å²) >= 11 is 0. The molecule has 0 spiro atoms. The van der Waals surface area contributed by atoms with Gasteiger partial charge in [0.25, 0.3) is 0 Å². The van der Waals surface area contributed by atoms with Crippen molar-refractivity contribution in [1.29, 1.82) is 0 Å². The number of rotatable bonds is 9. The van der Waals surface area contributed by atoms with Crippen molar-refractivity contribution >= 4 is 11.9 Å². The molecule has 0 saturated carbocycles. The molecule has 2 aromatic rings. The summed E-state index contributed by atoms with van der Waals surface area (Å²) in [6.45, 7) is 10.6. The molecule has 0 bridgehead atoms. The van der Waals surface area contributed by atoms with Gasteiger partial charge in [-0.15, -0.1) is 0 Å². The third-order valence-electron chi connectivity index (χ3n) is 6.11. The van der Waals surface area contributed by atoms with Gasteiger partial charge in [0.15, 0.2) is 0 Å². The van der Waals surface area contributed by atoms with Gasteiger partial charge in [-0.05, 0) is 53.5 Å². The number of benzene rings is 2. The molecule has 1 heterocycles. The first-order valence-corrected chi connectivity index (χ1v) is 11.1. The van der Waals surface area contributed by atoms with Gasteiger partial charge in [-0.3, -0.25) is 9.59 Å². The number of carbonyl (C=O) groups is 2. The second-order valence-electron chi connectivity index (χ2n) is 8.26. The summed E-state index contributed by atoms with van der Waals surface area (Å²) < 4.78 is 16.3. The van der Waals surface area contributed by atoms with Crippen molar-refractivity contribution in [2.75, 3.05) is 13.2 Å². The van der Waals surface area contributed by atoms with Crippen LogP contribution in [-0.4, -0.2) is 25.2 Å². The lowest BCUT2D eigenvalue weighted by Gasteiger charge is -2.18. The number of carbonyl (C=O) groups excluding carboxylic acids is 2. The maximum Gasteiger partial charge on any atom is 0.323 e. The van der Waals surface area contributed by atoms with Crippen LogP contribution in [0.25, 0.3) is 0 Å². The molecule has 3 rings (SSSR count). The van der Waals surface area contributed by atoms with Crippen LogP contribution in [-0.2, 0) is 14.3 Å². The molecular weight excluding hydrogens is 392 g/mol. The molecule has 0 N–H and O–H groups in total. The smallest absolute Gasteiger partial charge is 0.323 e. The van der Waals surface area contributed by atoms with Crippen molar-refractivity contribution in [1.82, 2.24) is 0 Å². The van der Waals surface area contributed by atoms with Gasteiger partial charge in [-0.2, -0.15) is 0 Å². The topological polar surface area (TPSA) is 61.8 Å². The third-order valence-corrected chi connectivity index (χ3v) is 6.11. The van der Waals surface area contributed by atoms with Crippen LogP contribution < -0.4 is 9.47 Å². The largest absolute Gasteiger partial charge is 0.490 e. The zero-order valence-corrected chi connectivity index (χ0v) is 19.1. The number of fused-ring (bicyclic) bond motifs is 1. The molecule has 3 unspecified atom stereocenters. The Hall–Kier alpha value is -2.82. The van der Waals surface area contributed by atoms with E-state index in [1.54, 1.807) is 0 Å². The molecule has 166 valence electrons. The molecule has 0 saturated heterocycles. The highest BCUT2D eigenvalue weighted by atomic mass is 16.6. The maximum atomic E-state index is 12.9. The summed E-state index contributed by atoms with van der Waals surface area (Å²) in [5, 5.41) is 0. The second kappa shape index (κ2) is 9.99.